The van der Waals surface area contributed by atoms with E-state index in [2.05, 4.69) is 16.9 Å². The molecule has 0 aromatic heterocycles. The minimum absolute atomic E-state index is 0.0492. The minimum atomic E-state index is -0.280. The van der Waals surface area contributed by atoms with Crippen LogP contribution in [0.4, 0.5) is 4.79 Å². The Kier molecular flexibility index (Phi) is 5.98. The molecule has 2 aliphatic rings. The van der Waals surface area contributed by atoms with E-state index in [9.17, 15) is 9.59 Å². The molecule has 1 aromatic carbocycles. The molecule has 0 radical (unpaired) electrons. The molecule has 27 heavy (non-hydrogen) atoms. The van der Waals surface area contributed by atoms with E-state index in [1.165, 1.54) is 12.7 Å². The van der Waals surface area contributed by atoms with E-state index in [1.54, 1.807) is 4.90 Å². The number of amidine groups is 1. The first-order valence-corrected chi connectivity index (χ1v) is 9.56. The number of nitrogens with zero attached hydrogens (tertiary/aromatic N) is 2. The SMILES string of the molecule is COC(=O)CCN1CCN(C2CCC(c3ccc(C(=N)N)cc3)CC2)C1=O. The average Bonchev–Trinajstić information content (AvgIpc) is 3.06. The smallest absolute Gasteiger partial charge is 0.320 e. The second-order valence-electron chi connectivity index (χ2n) is 7.33. The van der Waals surface area contributed by atoms with Crippen LogP contribution in [0.5, 0.6) is 0 Å². The molecule has 2 amide bonds. The van der Waals surface area contributed by atoms with Crippen molar-refractivity contribution in [1.29, 1.82) is 5.41 Å². The number of amides is 2. The fourth-order valence-electron chi connectivity index (χ4n) is 4.13. The zero-order chi connectivity index (χ0) is 19.4. The minimum Gasteiger partial charge on any atom is -0.469 e. The molecule has 1 saturated heterocycles. The highest BCUT2D eigenvalue weighted by Crippen LogP contribution is 2.35. The molecule has 7 heteroatoms. The molecule has 3 rings (SSSR count). The van der Waals surface area contributed by atoms with Gasteiger partial charge in [-0.1, -0.05) is 24.3 Å². The summed E-state index contributed by atoms with van der Waals surface area (Å²) in [5.74, 6) is 0.308. The predicted octanol–water partition coefficient (Wildman–Crippen LogP) is 2.30. The molecule has 1 aliphatic carbocycles. The zero-order valence-corrected chi connectivity index (χ0v) is 15.8. The van der Waals surface area contributed by atoms with Crippen molar-refractivity contribution in [3.63, 3.8) is 0 Å². The van der Waals surface area contributed by atoms with Gasteiger partial charge in [-0.15, -0.1) is 0 Å². The Balaban J connectivity index is 1.51. The Morgan fingerprint density at radius 2 is 1.85 bits per heavy atom. The molecule has 7 nitrogen and oxygen atoms in total. The van der Waals surface area contributed by atoms with Gasteiger partial charge in [0.2, 0.25) is 0 Å². The average molecular weight is 372 g/mol. The summed E-state index contributed by atoms with van der Waals surface area (Å²) in [6.07, 6.45) is 4.34. The van der Waals surface area contributed by atoms with Crippen LogP contribution in [0.15, 0.2) is 24.3 Å². The fraction of sp³-hybridized carbons (Fsp3) is 0.550. The largest absolute Gasteiger partial charge is 0.469 e. The van der Waals surface area contributed by atoms with Gasteiger partial charge in [0, 0.05) is 31.2 Å². The lowest BCUT2D eigenvalue weighted by Crippen LogP contribution is -2.41. The summed E-state index contributed by atoms with van der Waals surface area (Å²) in [6.45, 7) is 1.85. The molecule has 1 aromatic rings. The molecule has 0 atom stereocenters. The van der Waals surface area contributed by atoms with Crippen molar-refractivity contribution >= 4 is 17.8 Å². The maximum Gasteiger partial charge on any atom is 0.320 e. The van der Waals surface area contributed by atoms with E-state index in [4.69, 9.17) is 11.1 Å². The van der Waals surface area contributed by atoms with Crippen molar-refractivity contribution in [3.8, 4) is 0 Å². The third kappa shape index (κ3) is 4.40. The first kappa shape index (κ1) is 19.2. The normalized spacial score (nSPS) is 22.8. The van der Waals surface area contributed by atoms with Gasteiger partial charge in [0.1, 0.15) is 5.84 Å². The number of nitrogen functional groups attached to an aromatic ring is 1. The second-order valence-corrected chi connectivity index (χ2v) is 7.33. The molecular formula is C20H28N4O3. The molecule has 0 spiro atoms. The number of ether oxygens (including phenoxy) is 1. The van der Waals surface area contributed by atoms with Gasteiger partial charge in [-0.2, -0.15) is 0 Å². The van der Waals surface area contributed by atoms with Crippen LogP contribution in [0, 0.1) is 5.41 Å². The Hall–Kier alpha value is -2.57. The van der Waals surface area contributed by atoms with Crippen molar-refractivity contribution in [1.82, 2.24) is 9.80 Å². The van der Waals surface area contributed by atoms with E-state index >= 15 is 0 Å². The van der Waals surface area contributed by atoms with Crippen molar-refractivity contribution in [2.24, 2.45) is 5.73 Å². The van der Waals surface area contributed by atoms with Gasteiger partial charge in [-0.3, -0.25) is 10.2 Å². The molecule has 1 aliphatic heterocycles. The van der Waals surface area contributed by atoms with Crippen LogP contribution in [0.1, 0.15) is 49.1 Å². The maximum atomic E-state index is 12.6. The van der Waals surface area contributed by atoms with Crippen molar-refractivity contribution in [2.75, 3.05) is 26.7 Å². The molecule has 3 N–H and O–H groups in total. The van der Waals surface area contributed by atoms with Crippen LogP contribution in [0.25, 0.3) is 0 Å². The Bertz CT molecular complexity index is 696. The Morgan fingerprint density at radius 3 is 2.44 bits per heavy atom. The monoisotopic (exact) mass is 372 g/mol. The quantitative estimate of drug-likeness (QED) is 0.455. The van der Waals surface area contributed by atoms with E-state index in [-0.39, 0.29) is 30.3 Å². The number of hydrogen-bond acceptors (Lipinski definition) is 4. The Morgan fingerprint density at radius 1 is 1.19 bits per heavy atom. The molecule has 0 bridgehead atoms. The van der Waals surface area contributed by atoms with Crippen LogP contribution in [-0.2, 0) is 9.53 Å². The van der Waals surface area contributed by atoms with Crippen molar-refractivity contribution in [2.45, 2.75) is 44.1 Å². The highest BCUT2D eigenvalue weighted by atomic mass is 16.5. The van der Waals surface area contributed by atoms with Crippen LogP contribution >= 0.6 is 0 Å². The van der Waals surface area contributed by atoms with Crippen LogP contribution in [0.3, 0.4) is 0 Å². The number of nitrogens with two attached hydrogens (primary N) is 1. The van der Waals surface area contributed by atoms with Crippen LogP contribution < -0.4 is 5.73 Å². The standard InChI is InChI=1S/C20H28N4O3/c1-27-18(25)10-11-23-12-13-24(20(23)26)17-8-6-15(7-9-17)14-2-4-16(5-3-14)19(21)22/h2-5,15,17H,6-13H2,1H3,(H3,21,22). The number of urea groups is 1. The van der Waals surface area contributed by atoms with E-state index < -0.39 is 0 Å². The molecular weight excluding hydrogens is 344 g/mol. The number of esters is 1. The summed E-state index contributed by atoms with van der Waals surface area (Å²) in [5, 5.41) is 7.48. The number of carbonyl (C=O) groups excluding carboxylic acids is 2. The van der Waals surface area contributed by atoms with Crippen LogP contribution in [0.2, 0.25) is 0 Å². The first-order chi connectivity index (χ1) is 13.0. The summed E-state index contributed by atoms with van der Waals surface area (Å²) >= 11 is 0. The number of carbonyl (C=O) groups is 2. The van der Waals surface area contributed by atoms with Gasteiger partial charge in [0.25, 0.3) is 0 Å². The zero-order valence-electron chi connectivity index (χ0n) is 15.8. The lowest BCUT2D eigenvalue weighted by atomic mass is 9.81. The highest BCUT2D eigenvalue weighted by Gasteiger charge is 2.35. The van der Waals surface area contributed by atoms with Gasteiger partial charge in [0.05, 0.1) is 13.5 Å². The number of benzene rings is 1. The molecule has 1 heterocycles. The van der Waals surface area contributed by atoms with Gasteiger partial charge < -0.3 is 20.3 Å². The molecule has 2 fully saturated rings. The fourth-order valence-corrected chi connectivity index (χ4v) is 4.13. The highest BCUT2D eigenvalue weighted by molar-refractivity contribution is 5.94. The third-order valence-electron chi connectivity index (χ3n) is 5.77. The van der Waals surface area contributed by atoms with E-state index in [0.29, 0.717) is 19.0 Å². The number of rotatable bonds is 6. The van der Waals surface area contributed by atoms with Gasteiger partial charge >= 0.3 is 12.0 Å². The van der Waals surface area contributed by atoms with Crippen molar-refractivity contribution < 1.29 is 14.3 Å². The van der Waals surface area contributed by atoms with Crippen LogP contribution in [-0.4, -0.2) is 60.4 Å². The first-order valence-electron chi connectivity index (χ1n) is 9.56. The van der Waals surface area contributed by atoms with Crippen molar-refractivity contribution in [3.05, 3.63) is 35.4 Å². The molecule has 146 valence electrons. The lowest BCUT2D eigenvalue weighted by molar-refractivity contribution is -0.140. The van der Waals surface area contributed by atoms with Gasteiger partial charge in [-0.25, -0.2) is 4.79 Å². The summed E-state index contributed by atoms with van der Waals surface area (Å²) < 4.78 is 4.65. The summed E-state index contributed by atoms with van der Waals surface area (Å²) in [4.78, 5) is 27.7. The Labute approximate surface area is 160 Å². The second kappa shape index (κ2) is 8.41. The van der Waals surface area contributed by atoms with E-state index in [1.807, 2.05) is 17.0 Å². The summed E-state index contributed by atoms with van der Waals surface area (Å²) in [5.41, 5.74) is 7.55. The van der Waals surface area contributed by atoms with E-state index in [0.717, 1.165) is 37.8 Å². The van der Waals surface area contributed by atoms with Gasteiger partial charge in [0.15, 0.2) is 0 Å². The topological polar surface area (TPSA) is 99.7 Å². The molecule has 0 unspecified atom stereocenters. The lowest BCUT2D eigenvalue weighted by Gasteiger charge is -2.34. The number of methoxy groups -OCH3 is 1. The third-order valence-corrected chi connectivity index (χ3v) is 5.77. The number of hydrogen-bond donors (Lipinski definition) is 2. The summed E-state index contributed by atoms with van der Waals surface area (Å²) in [7, 11) is 1.37. The maximum absolute atomic E-state index is 12.6. The van der Waals surface area contributed by atoms with Gasteiger partial charge in [-0.05, 0) is 37.2 Å². The predicted molar refractivity (Wildman–Crippen MR) is 103 cm³/mol. The summed E-state index contributed by atoms with van der Waals surface area (Å²) in [6, 6.07) is 8.29. The number of nitrogens with one attached hydrogen (secondary N) is 1. The molecule has 1 saturated carbocycles.